The number of rotatable bonds is 5. The third-order valence-electron chi connectivity index (χ3n) is 3.32. The first kappa shape index (κ1) is 16.9. The lowest BCUT2D eigenvalue weighted by molar-refractivity contribution is -0.151. The Morgan fingerprint density at radius 3 is 2.50 bits per heavy atom. The topological polar surface area (TPSA) is 84.0 Å². The predicted octanol–water partition coefficient (Wildman–Crippen LogP) is -0.0624. The van der Waals surface area contributed by atoms with Crippen molar-refractivity contribution in [1.29, 1.82) is 0 Å². The van der Waals surface area contributed by atoms with Gasteiger partial charge in [-0.05, 0) is 11.4 Å². The van der Waals surface area contributed by atoms with Gasteiger partial charge in [-0.1, -0.05) is 6.07 Å². The summed E-state index contributed by atoms with van der Waals surface area (Å²) < 4.78 is 29.1. The summed E-state index contributed by atoms with van der Waals surface area (Å²) in [6.45, 7) is 0.868. The van der Waals surface area contributed by atoms with Gasteiger partial charge in [0.15, 0.2) is 6.61 Å². The molecule has 1 saturated heterocycles. The van der Waals surface area contributed by atoms with Gasteiger partial charge in [-0.2, -0.15) is 4.31 Å². The maximum absolute atomic E-state index is 11.9. The highest BCUT2D eigenvalue weighted by molar-refractivity contribution is 7.88. The van der Waals surface area contributed by atoms with Crippen LogP contribution in [0.25, 0.3) is 0 Å². The molecule has 0 aliphatic carbocycles. The van der Waals surface area contributed by atoms with Crippen molar-refractivity contribution in [2.45, 2.75) is 6.42 Å². The van der Waals surface area contributed by atoms with Crippen LogP contribution in [0.4, 0.5) is 0 Å². The fourth-order valence-corrected chi connectivity index (χ4v) is 3.63. The van der Waals surface area contributed by atoms with Gasteiger partial charge in [-0.3, -0.25) is 9.59 Å². The number of nitrogens with zero attached hydrogens (tertiary/aromatic N) is 2. The monoisotopic (exact) mass is 346 g/mol. The van der Waals surface area contributed by atoms with E-state index in [0.29, 0.717) is 13.1 Å². The van der Waals surface area contributed by atoms with Gasteiger partial charge in [-0.25, -0.2) is 8.42 Å². The summed E-state index contributed by atoms with van der Waals surface area (Å²) in [5, 5.41) is 1.87. The van der Waals surface area contributed by atoms with Crippen LogP contribution in [-0.2, 0) is 30.8 Å². The van der Waals surface area contributed by atoms with Crippen molar-refractivity contribution in [2.24, 2.45) is 0 Å². The van der Waals surface area contributed by atoms with Gasteiger partial charge in [0, 0.05) is 31.1 Å². The second-order valence-electron chi connectivity index (χ2n) is 4.96. The smallest absolute Gasteiger partial charge is 0.311 e. The first-order valence-electron chi connectivity index (χ1n) is 6.77. The van der Waals surface area contributed by atoms with Crippen molar-refractivity contribution in [3.05, 3.63) is 22.4 Å². The van der Waals surface area contributed by atoms with E-state index in [9.17, 15) is 18.0 Å². The van der Waals surface area contributed by atoms with Crippen LogP contribution in [0.5, 0.6) is 0 Å². The molecule has 0 N–H and O–H groups in total. The summed E-state index contributed by atoms with van der Waals surface area (Å²) in [5.74, 6) is -0.738. The molecule has 7 nitrogen and oxygen atoms in total. The van der Waals surface area contributed by atoms with Crippen LogP contribution in [0, 0.1) is 0 Å². The molecule has 2 heterocycles. The zero-order chi connectivity index (χ0) is 16.2. The number of ether oxygens (including phenoxy) is 1. The zero-order valence-electron chi connectivity index (χ0n) is 12.2. The normalized spacial score (nSPS) is 16.5. The van der Waals surface area contributed by atoms with Crippen molar-refractivity contribution in [3.63, 3.8) is 0 Å². The van der Waals surface area contributed by atoms with E-state index in [-0.39, 0.29) is 32.0 Å². The molecule has 1 fully saturated rings. The maximum Gasteiger partial charge on any atom is 0.311 e. The van der Waals surface area contributed by atoms with Crippen LogP contribution in [-0.4, -0.2) is 68.5 Å². The average molecular weight is 346 g/mol. The molecule has 1 aliphatic rings. The third kappa shape index (κ3) is 4.79. The second-order valence-corrected chi connectivity index (χ2v) is 7.97. The van der Waals surface area contributed by atoms with Crippen LogP contribution >= 0.6 is 11.3 Å². The molecule has 0 spiro atoms. The molecule has 22 heavy (non-hydrogen) atoms. The van der Waals surface area contributed by atoms with E-state index < -0.39 is 16.0 Å². The molecule has 122 valence electrons. The molecule has 0 aromatic carbocycles. The number of hydrogen-bond donors (Lipinski definition) is 0. The fraction of sp³-hybridized carbons (Fsp3) is 0.538. The van der Waals surface area contributed by atoms with Crippen molar-refractivity contribution in [2.75, 3.05) is 39.0 Å². The molecule has 0 atom stereocenters. The highest BCUT2D eigenvalue weighted by Crippen LogP contribution is 2.10. The molecule has 2 rings (SSSR count). The summed E-state index contributed by atoms with van der Waals surface area (Å²) in [6, 6.07) is 3.68. The van der Waals surface area contributed by atoms with Crippen molar-refractivity contribution >= 4 is 33.2 Å². The average Bonchev–Trinajstić information content (AvgIpc) is 2.97. The van der Waals surface area contributed by atoms with E-state index in [1.54, 1.807) is 0 Å². The molecule has 9 heteroatoms. The summed E-state index contributed by atoms with van der Waals surface area (Å²) in [5.41, 5.74) is 0. The van der Waals surface area contributed by atoms with Gasteiger partial charge in [0.2, 0.25) is 10.0 Å². The van der Waals surface area contributed by atoms with Crippen LogP contribution < -0.4 is 0 Å². The Labute approximate surface area is 133 Å². The van der Waals surface area contributed by atoms with Gasteiger partial charge < -0.3 is 9.64 Å². The SMILES string of the molecule is CS(=O)(=O)N1CCN(C(=O)COC(=O)Cc2cccs2)CC1. The molecule has 0 radical (unpaired) electrons. The quantitative estimate of drug-likeness (QED) is 0.697. The zero-order valence-corrected chi connectivity index (χ0v) is 13.9. The Bertz CT molecular complexity index is 619. The van der Waals surface area contributed by atoms with E-state index >= 15 is 0 Å². The molecule has 0 bridgehead atoms. The summed E-state index contributed by atoms with van der Waals surface area (Å²) in [7, 11) is -3.22. The summed E-state index contributed by atoms with van der Waals surface area (Å²) in [6.07, 6.45) is 1.31. The summed E-state index contributed by atoms with van der Waals surface area (Å²) in [4.78, 5) is 26.0. The van der Waals surface area contributed by atoms with E-state index in [2.05, 4.69) is 0 Å². The van der Waals surface area contributed by atoms with Crippen LogP contribution in [0.1, 0.15) is 4.88 Å². The van der Waals surface area contributed by atoms with Crippen molar-refractivity contribution in [3.8, 4) is 0 Å². The first-order chi connectivity index (χ1) is 10.4. The molecule has 0 unspecified atom stereocenters. The lowest BCUT2D eigenvalue weighted by Gasteiger charge is -2.33. The molecule has 0 saturated carbocycles. The van der Waals surface area contributed by atoms with Gasteiger partial charge >= 0.3 is 5.97 Å². The fourth-order valence-electron chi connectivity index (χ4n) is 2.11. The number of amides is 1. The van der Waals surface area contributed by atoms with Gasteiger partial charge in [-0.15, -0.1) is 11.3 Å². The molecule has 1 amide bonds. The van der Waals surface area contributed by atoms with Gasteiger partial charge in [0.25, 0.3) is 5.91 Å². The minimum Gasteiger partial charge on any atom is -0.455 e. The Hall–Kier alpha value is -1.45. The Balaban J connectivity index is 1.73. The lowest BCUT2D eigenvalue weighted by atomic mass is 10.3. The highest BCUT2D eigenvalue weighted by atomic mass is 32.2. The number of carbonyl (C=O) groups is 2. The number of esters is 1. The number of sulfonamides is 1. The second kappa shape index (κ2) is 7.21. The third-order valence-corrected chi connectivity index (χ3v) is 5.50. The minimum atomic E-state index is -3.22. The van der Waals surface area contributed by atoms with Crippen molar-refractivity contribution < 1.29 is 22.7 Å². The largest absolute Gasteiger partial charge is 0.455 e. The molecular weight excluding hydrogens is 328 g/mol. The molecular formula is C13H18N2O5S2. The Kier molecular flexibility index (Phi) is 5.54. The maximum atomic E-state index is 11.9. The Morgan fingerprint density at radius 1 is 1.27 bits per heavy atom. The number of carbonyl (C=O) groups excluding carboxylic acids is 2. The predicted molar refractivity (Wildman–Crippen MR) is 82.0 cm³/mol. The number of thiophene rings is 1. The lowest BCUT2D eigenvalue weighted by Crippen LogP contribution is -2.51. The van der Waals surface area contributed by atoms with E-state index in [1.165, 1.54) is 20.5 Å². The van der Waals surface area contributed by atoms with Crippen molar-refractivity contribution in [1.82, 2.24) is 9.21 Å². The summed E-state index contributed by atoms with van der Waals surface area (Å²) >= 11 is 1.46. The molecule has 1 aliphatic heterocycles. The standard InChI is InChI=1S/C13H18N2O5S2/c1-22(18,19)15-6-4-14(5-7-15)12(16)10-20-13(17)9-11-3-2-8-21-11/h2-3,8H,4-7,9-10H2,1H3. The van der Waals surface area contributed by atoms with Crippen LogP contribution in [0.2, 0.25) is 0 Å². The van der Waals surface area contributed by atoms with E-state index in [4.69, 9.17) is 4.74 Å². The van der Waals surface area contributed by atoms with E-state index in [1.807, 2.05) is 17.5 Å². The van der Waals surface area contributed by atoms with Crippen LogP contribution in [0.3, 0.4) is 0 Å². The van der Waals surface area contributed by atoms with E-state index in [0.717, 1.165) is 11.1 Å². The first-order valence-corrected chi connectivity index (χ1v) is 9.50. The van der Waals surface area contributed by atoms with Gasteiger partial charge in [0.05, 0.1) is 12.7 Å². The molecule has 1 aromatic heterocycles. The minimum absolute atomic E-state index is 0.160. The Morgan fingerprint density at radius 2 is 1.95 bits per heavy atom. The van der Waals surface area contributed by atoms with Crippen LogP contribution in [0.15, 0.2) is 17.5 Å². The number of hydrogen-bond acceptors (Lipinski definition) is 6. The number of piperazine rings is 1. The highest BCUT2D eigenvalue weighted by Gasteiger charge is 2.26. The molecule has 1 aromatic rings. The van der Waals surface area contributed by atoms with Gasteiger partial charge in [0.1, 0.15) is 0 Å².